The van der Waals surface area contributed by atoms with Crippen LogP contribution in [0, 0.1) is 5.82 Å². The van der Waals surface area contributed by atoms with Crippen LogP contribution in [0.2, 0.25) is 5.02 Å². The Morgan fingerprint density at radius 1 is 1.09 bits per heavy atom. The van der Waals surface area contributed by atoms with Crippen LogP contribution in [0.1, 0.15) is 34.0 Å². The van der Waals surface area contributed by atoms with Crippen LogP contribution in [-0.4, -0.2) is 34.0 Å². The molecule has 1 atom stereocenters. The Hall–Kier alpha value is -3.38. The Morgan fingerprint density at radius 2 is 1.85 bits per heavy atom. The largest absolute Gasteiger partial charge is 0.487 e. The van der Waals surface area contributed by atoms with E-state index in [2.05, 4.69) is 0 Å². The lowest BCUT2D eigenvalue weighted by Gasteiger charge is -2.24. The number of carboxylic acid groups (broad SMARTS) is 1. The number of ether oxygens (including phenoxy) is 1. The van der Waals surface area contributed by atoms with Gasteiger partial charge in [0.2, 0.25) is 0 Å². The van der Waals surface area contributed by atoms with Crippen LogP contribution in [0.3, 0.4) is 0 Å². The van der Waals surface area contributed by atoms with Gasteiger partial charge >= 0.3 is 5.97 Å². The molecule has 7 heteroatoms. The van der Waals surface area contributed by atoms with Crippen molar-refractivity contribution in [1.82, 2.24) is 4.90 Å². The van der Waals surface area contributed by atoms with Crippen LogP contribution in [0.4, 0.5) is 4.39 Å². The molecule has 0 fully saturated rings. The average molecular weight is 468 g/mol. The van der Waals surface area contributed by atoms with Crippen LogP contribution in [0.5, 0.6) is 5.75 Å². The lowest BCUT2D eigenvalue weighted by Crippen LogP contribution is -2.35. The number of hydrogen-bond donors (Lipinski definition) is 1. The molecule has 0 saturated heterocycles. The zero-order valence-corrected chi connectivity index (χ0v) is 18.8. The standard InChI is InChI=1S/C26H23ClFNO4/c1-26(13-17-5-8-21(27)9-6-17)14-20-12-19(7-10-23(20)33-26)25(32)29(16-24(30)31)15-18-3-2-4-22(28)11-18/h2-12H,13-16H2,1H3,(H,30,31)/t26-/m0/s1. The first kappa shape index (κ1) is 22.8. The van der Waals surface area contributed by atoms with Gasteiger partial charge in [0.15, 0.2) is 0 Å². The van der Waals surface area contributed by atoms with Crippen LogP contribution in [0.15, 0.2) is 66.7 Å². The fourth-order valence-corrected chi connectivity index (χ4v) is 4.31. The SMILES string of the molecule is C[C@]1(Cc2ccc(Cl)cc2)Cc2cc(C(=O)N(CC(=O)O)Cc3cccc(F)c3)ccc2O1. The van der Waals surface area contributed by atoms with Gasteiger partial charge in [0.25, 0.3) is 5.91 Å². The summed E-state index contributed by atoms with van der Waals surface area (Å²) in [5.41, 5.74) is 2.39. The van der Waals surface area contributed by atoms with Crippen LogP contribution < -0.4 is 4.74 Å². The van der Waals surface area contributed by atoms with Crippen LogP contribution >= 0.6 is 11.6 Å². The number of halogens is 2. The Morgan fingerprint density at radius 3 is 2.55 bits per heavy atom. The van der Waals surface area contributed by atoms with Crippen LogP contribution in [-0.2, 0) is 24.2 Å². The summed E-state index contributed by atoms with van der Waals surface area (Å²) in [6.07, 6.45) is 1.28. The topological polar surface area (TPSA) is 66.8 Å². The number of carboxylic acids is 1. The fraction of sp³-hybridized carbons (Fsp3) is 0.231. The Balaban J connectivity index is 1.53. The minimum Gasteiger partial charge on any atom is -0.487 e. The third-order valence-corrected chi connectivity index (χ3v) is 5.85. The van der Waals surface area contributed by atoms with E-state index in [0.717, 1.165) is 11.1 Å². The summed E-state index contributed by atoms with van der Waals surface area (Å²) < 4.78 is 19.8. The van der Waals surface area contributed by atoms with Crippen molar-refractivity contribution < 1.29 is 23.8 Å². The van der Waals surface area contributed by atoms with Crippen molar-refractivity contribution in [3.63, 3.8) is 0 Å². The lowest BCUT2D eigenvalue weighted by molar-refractivity contribution is -0.137. The van der Waals surface area contributed by atoms with Gasteiger partial charge in [0, 0.05) is 30.0 Å². The molecule has 0 unspecified atom stereocenters. The number of hydrogen-bond acceptors (Lipinski definition) is 3. The molecule has 4 rings (SSSR count). The number of fused-ring (bicyclic) bond motifs is 1. The Labute approximate surface area is 196 Å². The summed E-state index contributed by atoms with van der Waals surface area (Å²) in [4.78, 5) is 25.7. The highest BCUT2D eigenvalue weighted by Gasteiger charge is 2.35. The number of amides is 1. The van der Waals surface area contributed by atoms with E-state index in [0.29, 0.717) is 34.7 Å². The smallest absolute Gasteiger partial charge is 0.323 e. The first-order valence-electron chi connectivity index (χ1n) is 10.5. The van der Waals surface area contributed by atoms with Crippen LogP contribution in [0.25, 0.3) is 0 Å². The molecule has 170 valence electrons. The first-order valence-corrected chi connectivity index (χ1v) is 10.9. The third-order valence-electron chi connectivity index (χ3n) is 5.60. The molecule has 0 bridgehead atoms. The molecule has 5 nitrogen and oxygen atoms in total. The number of aliphatic carboxylic acids is 1. The molecule has 1 N–H and O–H groups in total. The summed E-state index contributed by atoms with van der Waals surface area (Å²) in [6.45, 7) is 1.52. The first-order chi connectivity index (χ1) is 15.7. The monoisotopic (exact) mass is 467 g/mol. The molecule has 1 aliphatic rings. The van der Waals surface area contributed by atoms with E-state index in [-0.39, 0.29) is 6.54 Å². The molecule has 1 aliphatic heterocycles. The molecular formula is C26H23ClFNO4. The van der Waals surface area contributed by atoms with Crippen molar-refractivity contribution in [3.8, 4) is 5.75 Å². The molecule has 0 aliphatic carbocycles. The summed E-state index contributed by atoms with van der Waals surface area (Å²) >= 11 is 5.98. The fourth-order valence-electron chi connectivity index (χ4n) is 4.19. The van der Waals surface area contributed by atoms with Gasteiger partial charge in [-0.3, -0.25) is 9.59 Å². The van der Waals surface area contributed by atoms with Gasteiger partial charge in [0.1, 0.15) is 23.7 Å². The molecule has 0 spiro atoms. The van der Waals surface area contributed by atoms with Gasteiger partial charge in [-0.1, -0.05) is 35.9 Å². The minimum atomic E-state index is -1.14. The predicted octanol–water partition coefficient (Wildman–Crippen LogP) is 5.14. The maximum absolute atomic E-state index is 13.6. The van der Waals surface area contributed by atoms with Crippen molar-refractivity contribution in [2.24, 2.45) is 0 Å². The highest BCUT2D eigenvalue weighted by atomic mass is 35.5. The van der Waals surface area contributed by atoms with Gasteiger partial charge < -0.3 is 14.7 Å². The van der Waals surface area contributed by atoms with E-state index in [1.165, 1.54) is 23.1 Å². The maximum atomic E-state index is 13.6. The number of carbonyl (C=O) groups excluding carboxylic acids is 1. The van der Waals surface area contributed by atoms with Gasteiger partial charge in [-0.15, -0.1) is 0 Å². The molecule has 3 aromatic rings. The summed E-state index contributed by atoms with van der Waals surface area (Å²) in [7, 11) is 0. The Bertz CT molecular complexity index is 1200. The zero-order chi connectivity index (χ0) is 23.6. The van der Waals surface area contributed by atoms with Crippen molar-refractivity contribution >= 4 is 23.5 Å². The molecule has 1 heterocycles. The van der Waals surface area contributed by atoms with Gasteiger partial charge in [0.05, 0.1) is 0 Å². The van der Waals surface area contributed by atoms with Crippen molar-refractivity contribution in [1.29, 1.82) is 0 Å². The molecular weight excluding hydrogens is 445 g/mol. The molecule has 33 heavy (non-hydrogen) atoms. The second-order valence-electron chi connectivity index (χ2n) is 8.54. The third kappa shape index (κ3) is 5.52. The number of carbonyl (C=O) groups is 2. The van der Waals surface area contributed by atoms with Gasteiger partial charge in [-0.2, -0.15) is 0 Å². The number of rotatable bonds is 7. The van der Waals surface area contributed by atoms with E-state index in [9.17, 15) is 19.1 Å². The lowest BCUT2D eigenvalue weighted by atomic mass is 9.91. The van der Waals surface area contributed by atoms with Crippen molar-refractivity contribution in [2.75, 3.05) is 6.54 Å². The summed E-state index contributed by atoms with van der Waals surface area (Å²) in [5, 5.41) is 9.97. The number of nitrogens with zero attached hydrogens (tertiary/aromatic N) is 1. The predicted molar refractivity (Wildman–Crippen MR) is 123 cm³/mol. The average Bonchev–Trinajstić information content (AvgIpc) is 3.09. The van der Waals surface area contributed by atoms with Gasteiger partial charge in [-0.05, 0) is 66.1 Å². The molecule has 1 amide bonds. The Kier molecular flexibility index (Phi) is 6.38. The highest BCUT2D eigenvalue weighted by Crippen LogP contribution is 2.37. The van der Waals surface area contributed by atoms with E-state index in [1.807, 2.05) is 31.2 Å². The van der Waals surface area contributed by atoms with Crippen molar-refractivity contribution in [3.05, 3.63) is 99.8 Å². The quantitative estimate of drug-likeness (QED) is 0.522. The maximum Gasteiger partial charge on any atom is 0.323 e. The second-order valence-corrected chi connectivity index (χ2v) is 8.98. The highest BCUT2D eigenvalue weighted by molar-refractivity contribution is 6.30. The minimum absolute atomic E-state index is 0.00917. The normalized spacial score (nSPS) is 16.7. The van der Waals surface area contributed by atoms with Gasteiger partial charge in [-0.25, -0.2) is 4.39 Å². The number of benzene rings is 3. The summed E-state index contributed by atoms with van der Waals surface area (Å²) in [5.74, 6) is -1.31. The molecule has 0 radical (unpaired) electrons. The van der Waals surface area contributed by atoms with E-state index < -0.39 is 29.8 Å². The van der Waals surface area contributed by atoms with E-state index >= 15 is 0 Å². The zero-order valence-electron chi connectivity index (χ0n) is 18.1. The molecule has 0 aromatic heterocycles. The van der Waals surface area contributed by atoms with E-state index in [4.69, 9.17) is 16.3 Å². The summed E-state index contributed by atoms with van der Waals surface area (Å²) in [6, 6.07) is 18.5. The second kappa shape index (κ2) is 9.24. The molecule has 0 saturated carbocycles. The molecule has 3 aromatic carbocycles. The van der Waals surface area contributed by atoms with Crippen molar-refractivity contribution in [2.45, 2.75) is 31.9 Å². The van der Waals surface area contributed by atoms with E-state index in [1.54, 1.807) is 24.3 Å².